The Morgan fingerprint density at radius 3 is 0.901 bits per heavy atom. The second-order valence-electron chi connectivity index (χ2n) is 26.9. The van der Waals surface area contributed by atoms with E-state index in [1.807, 2.05) is 22.7 Å². The first kappa shape index (κ1) is 51.4. The van der Waals surface area contributed by atoms with Crippen LogP contribution in [0.4, 0.5) is 34.1 Å². The van der Waals surface area contributed by atoms with E-state index in [1.165, 1.54) is 118 Å². The van der Waals surface area contributed by atoms with Gasteiger partial charge in [-0.25, -0.2) is 0 Å². The summed E-state index contributed by atoms with van der Waals surface area (Å²) in [4.78, 5) is 5.15. The summed E-state index contributed by atoms with van der Waals surface area (Å²) in [7, 11) is 0. The molecule has 81 heavy (non-hydrogen) atoms. The minimum absolute atomic E-state index is 0.00277. The van der Waals surface area contributed by atoms with Crippen LogP contribution < -0.4 is 9.80 Å². The Bertz CT molecular complexity index is 4060. The lowest BCUT2D eigenvalue weighted by Crippen LogP contribution is -2.26. The van der Waals surface area contributed by atoms with Crippen LogP contribution in [-0.2, 0) is 27.1 Å². The SMILES string of the molecule is CC(C)(C)c1ccc(N(c2ccc(C(C)(C)C)cc2)c2cc3c(c4c2sc2ccccc24)-c2c(cc(N(c4ccc(C(C)(C)C)cc4)c4ccc(C(C)(C)C)cc4)c4sc5ccccc5c24)C32c3ccccc3-c3ccccc32)cc1. The molecule has 0 atom stereocenters. The van der Waals surface area contributed by atoms with E-state index < -0.39 is 5.41 Å². The molecule has 14 rings (SSSR count). The molecule has 0 radical (unpaired) electrons. The van der Waals surface area contributed by atoms with Crippen molar-refractivity contribution >= 4 is 97.1 Å². The molecule has 2 heterocycles. The van der Waals surface area contributed by atoms with Crippen molar-refractivity contribution in [1.82, 2.24) is 0 Å². The van der Waals surface area contributed by atoms with E-state index >= 15 is 0 Å². The van der Waals surface area contributed by atoms with E-state index in [1.54, 1.807) is 0 Å². The van der Waals surface area contributed by atoms with E-state index in [2.05, 4.69) is 299 Å². The normalized spacial score (nSPS) is 13.8. The van der Waals surface area contributed by atoms with Gasteiger partial charge in [0, 0.05) is 53.7 Å². The largest absolute Gasteiger partial charge is 0.309 e. The maximum absolute atomic E-state index is 2.65. The molecule has 0 amide bonds. The molecule has 1 spiro atoms. The first-order chi connectivity index (χ1) is 38.7. The van der Waals surface area contributed by atoms with Gasteiger partial charge in [0.1, 0.15) is 0 Å². The van der Waals surface area contributed by atoms with Crippen molar-refractivity contribution in [1.29, 1.82) is 0 Å². The van der Waals surface area contributed by atoms with E-state index in [0.29, 0.717) is 0 Å². The third-order valence-electron chi connectivity index (χ3n) is 17.7. The van der Waals surface area contributed by atoms with E-state index in [0.717, 1.165) is 22.7 Å². The molecule has 0 fully saturated rings. The van der Waals surface area contributed by atoms with Gasteiger partial charge < -0.3 is 9.80 Å². The van der Waals surface area contributed by atoms with E-state index in [4.69, 9.17) is 0 Å². The van der Waals surface area contributed by atoms with Crippen LogP contribution in [-0.4, -0.2) is 0 Å². The van der Waals surface area contributed by atoms with Crippen LogP contribution in [0, 0.1) is 0 Å². The van der Waals surface area contributed by atoms with Crippen LogP contribution in [0.1, 0.15) is 128 Å². The number of thiophene rings is 2. The van der Waals surface area contributed by atoms with Crippen molar-refractivity contribution in [2.75, 3.05) is 9.80 Å². The highest BCUT2D eigenvalue weighted by molar-refractivity contribution is 7.27. The van der Waals surface area contributed by atoms with Gasteiger partial charge in [-0.15, -0.1) is 22.7 Å². The quantitative estimate of drug-likeness (QED) is 0.164. The number of hydrogen-bond donors (Lipinski definition) is 0. The Morgan fingerprint density at radius 1 is 0.309 bits per heavy atom. The molecule has 0 unspecified atom stereocenters. The number of rotatable bonds is 6. The minimum Gasteiger partial charge on any atom is -0.309 e. The fraction of sp³-hybridized carbons (Fsp3) is 0.221. The summed E-state index contributed by atoms with van der Waals surface area (Å²) in [6.07, 6.45) is 0. The number of anilines is 6. The zero-order valence-corrected chi connectivity index (χ0v) is 50.5. The smallest absolute Gasteiger partial charge is 0.0727 e. The van der Waals surface area contributed by atoms with Crippen molar-refractivity contribution in [2.24, 2.45) is 0 Å². The predicted molar refractivity (Wildman–Crippen MR) is 353 cm³/mol. The molecule has 0 saturated carbocycles. The predicted octanol–water partition coefficient (Wildman–Crippen LogP) is 22.9. The molecule has 10 aromatic carbocycles. The Morgan fingerprint density at radius 2 is 0.593 bits per heavy atom. The summed E-state index contributed by atoms with van der Waals surface area (Å²) >= 11 is 3.87. The Kier molecular flexibility index (Phi) is 11.5. The average Bonchev–Trinajstić information content (AvgIpc) is 1.66. The van der Waals surface area contributed by atoms with Crippen LogP contribution in [0.2, 0.25) is 0 Å². The molecule has 0 aliphatic heterocycles. The van der Waals surface area contributed by atoms with Gasteiger partial charge >= 0.3 is 0 Å². The molecule has 2 aliphatic rings. The number of fused-ring (bicyclic) bond motifs is 18. The van der Waals surface area contributed by atoms with Crippen molar-refractivity contribution in [3.8, 4) is 22.3 Å². The number of benzene rings is 10. The topological polar surface area (TPSA) is 6.48 Å². The molecule has 0 saturated heterocycles. The van der Waals surface area contributed by atoms with Gasteiger partial charge in [0.05, 0.1) is 26.2 Å². The van der Waals surface area contributed by atoms with Crippen molar-refractivity contribution in [3.05, 3.63) is 251 Å². The number of hydrogen-bond acceptors (Lipinski definition) is 4. The summed E-state index contributed by atoms with van der Waals surface area (Å²) in [5.74, 6) is 0. The fourth-order valence-corrected chi connectivity index (χ4v) is 15.9. The molecule has 0 N–H and O–H groups in total. The van der Waals surface area contributed by atoms with Crippen LogP contribution in [0.5, 0.6) is 0 Å². The highest BCUT2D eigenvalue weighted by Crippen LogP contribution is 2.69. The van der Waals surface area contributed by atoms with Gasteiger partial charge in [-0.3, -0.25) is 0 Å². The maximum atomic E-state index is 2.65. The first-order valence-corrected chi connectivity index (χ1v) is 30.5. The monoisotopic (exact) mass is 1090 g/mol. The maximum Gasteiger partial charge on any atom is 0.0727 e. The third-order valence-corrected chi connectivity index (χ3v) is 20.1. The highest BCUT2D eigenvalue weighted by Gasteiger charge is 2.54. The van der Waals surface area contributed by atoms with Gasteiger partial charge in [0.25, 0.3) is 0 Å². The molecule has 12 aromatic rings. The molecule has 2 nitrogen and oxygen atoms in total. The second-order valence-corrected chi connectivity index (χ2v) is 29.0. The molecule has 0 bridgehead atoms. The summed E-state index contributed by atoms with van der Waals surface area (Å²) in [6.45, 7) is 27.7. The van der Waals surface area contributed by atoms with Gasteiger partial charge in [-0.05, 0) is 161 Å². The van der Waals surface area contributed by atoms with Gasteiger partial charge in [0.2, 0.25) is 0 Å². The molecule has 400 valence electrons. The molecule has 2 aliphatic carbocycles. The van der Waals surface area contributed by atoms with Gasteiger partial charge in [-0.1, -0.05) is 217 Å². The van der Waals surface area contributed by atoms with E-state index in [-0.39, 0.29) is 21.7 Å². The Balaban J connectivity index is 1.17. The lowest BCUT2D eigenvalue weighted by molar-refractivity contribution is 0.590. The van der Waals surface area contributed by atoms with Crippen molar-refractivity contribution in [3.63, 3.8) is 0 Å². The average molecular weight is 1090 g/mol. The molecule has 2 aromatic heterocycles. The van der Waals surface area contributed by atoms with E-state index in [9.17, 15) is 0 Å². The minimum atomic E-state index is -0.703. The summed E-state index contributed by atoms with van der Waals surface area (Å²) in [5, 5.41) is 5.23. The number of nitrogens with zero attached hydrogens (tertiary/aromatic N) is 2. The fourth-order valence-electron chi connectivity index (χ4n) is 13.5. The lowest BCUT2D eigenvalue weighted by atomic mass is 9.70. The van der Waals surface area contributed by atoms with Crippen molar-refractivity contribution < 1.29 is 0 Å². The molecular formula is C77H70N2S2. The zero-order chi connectivity index (χ0) is 56.1. The summed E-state index contributed by atoms with van der Waals surface area (Å²) < 4.78 is 5.14. The lowest BCUT2D eigenvalue weighted by Gasteiger charge is -2.34. The molecule has 4 heteroatoms. The second kappa shape index (κ2) is 18.1. The Labute approximate surface area is 487 Å². The van der Waals surface area contributed by atoms with Crippen LogP contribution in [0.15, 0.2) is 206 Å². The zero-order valence-electron chi connectivity index (χ0n) is 48.8. The standard InChI is InChI=1S/C77H70N2S2/c1-73(2,3)47-29-37-51(38-30-47)78(52-39-31-48(32-40-52)74(4,5)6)63-45-61-69(67-57-23-15-19-27-65(57)80-71(63)67)70-62(77(61)59-25-17-13-21-55(59)56-22-14-18-26-60(56)77)46-64(72-68(70)58-24-16-20-28-66(58)81-72)79(53-41-33-49(34-42-53)75(7,8)9)54-43-35-50(36-44-54)76(10,11)12/h13-46H,1-12H3. The summed E-state index contributed by atoms with van der Waals surface area (Å²) in [5.41, 5.74) is 22.1. The van der Waals surface area contributed by atoms with Crippen LogP contribution in [0.25, 0.3) is 62.6 Å². The third kappa shape index (κ3) is 7.91. The van der Waals surface area contributed by atoms with Crippen molar-refractivity contribution in [2.45, 2.75) is 110 Å². The van der Waals surface area contributed by atoms with Crippen LogP contribution in [0.3, 0.4) is 0 Å². The Hall–Kier alpha value is -7.76. The van der Waals surface area contributed by atoms with Crippen LogP contribution >= 0.6 is 22.7 Å². The first-order valence-electron chi connectivity index (χ1n) is 28.9. The summed E-state index contributed by atoms with van der Waals surface area (Å²) in [6, 6.07) is 80.1. The van der Waals surface area contributed by atoms with Gasteiger partial charge in [-0.2, -0.15) is 0 Å². The highest BCUT2D eigenvalue weighted by atomic mass is 32.1. The molecular weight excluding hydrogens is 1020 g/mol. The van der Waals surface area contributed by atoms with Gasteiger partial charge in [0.15, 0.2) is 0 Å².